The van der Waals surface area contributed by atoms with Crippen molar-refractivity contribution in [1.82, 2.24) is 0 Å². The molecular weight excluding hydrogens is 132 g/mol. The molecule has 0 spiro atoms. The molecule has 0 amide bonds. The van der Waals surface area contributed by atoms with Crippen LogP contribution in [0.5, 0.6) is 0 Å². The van der Waals surface area contributed by atoms with Crippen molar-refractivity contribution in [3.63, 3.8) is 0 Å². The molecule has 0 unspecified atom stereocenters. The van der Waals surface area contributed by atoms with E-state index in [1.807, 2.05) is 0 Å². The minimum absolute atomic E-state index is 0.434. The van der Waals surface area contributed by atoms with E-state index in [0.717, 1.165) is 19.3 Å². The average Bonchev–Trinajstić information content (AvgIpc) is 1.85. The number of hydrogen-bond donors (Lipinski definition) is 0. The van der Waals surface area contributed by atoms with Gasteiger partial charge in [0, 0.05) is 6.42 Å². The molecule has 0 saturated carbocycles. The number of hydrogen-bond acceptors (Lipinski definition) is 0. The van der Waals surface area contributed by atoms with E-state index < -0.39 is 0 Å². The summed E-state index contributed by atoms with van der Waals surface area (Å²) < 4.78 is 0. The lowest BCUT2D eigenvalue weighted by Gasteiger charge is -2.16. The fourth-order valence-corrected chi connectivity index (χ4v) is 0.749. The quantitative estimate of drug-likeness (QED) is 0.426. The molecule has 0 aromatic heterocycles. The molecule has 0 saturated heterocycles. The molecule has 0 bridgehead atoms. The van der Waals surface area contributed by atoms with Crippen LogP contribution >= 0.6 is 0 Å². The van der Waals surface area contributed by atoms with Crippen LogP contribution in [0.3, 0.4) is 0 Å². The summed E-state index contributed by atoms with van der Waals surface area (Å²) in [5, 5.41) is 0. The standard InChI is InChI=1S/C11H18/c1-5-6-7-8-9-10-11(2,3)4/h1H,6-7,9-10H2,2-4H3. The van der Waals surface area contributed by atoms with Crippen molar-refractivity contribution in [2.24, 2.45) is 5.41 Å². The van der Waals surface area contributed by atoms with Gasteiger partial charge >= 0.3 is 0 Å². The van der Waals surface area contributed by atoms with Crippen molar-refractivity contribution in [2.75, 3.05) is 0 Å². The van der Waals surface area contributed by atoms with E-state index in [1.165, 1.54) is 6.42 Å². The van der Waals surface area contributed by atoms with Crippen LogP contribution in [0.4, 0.5) is 0 Å². The maximum Gasteiger partial charge on any atom is 0.00917 e. The lowest BCUT2D eigenvalue weighted by atomic mass is 9.89. The highest BCUT2D eigenvalue weighted by atomic mass is 14.1. The van der Waals surface area contributed by atoms with E-state index in [1.54, 1.807) is 0 Å². The Labute approximate surface area is 71.4 Å². The Hall–Kier alpha value is -0.440. The van der Waals surface area contributed by atoms with Crippen LogP contribution in [0.2, 0.25) is 0 Å². The first-order valence-electron chi connectivity index (χ1n) is 4.20. The first-order chi connectivity index (χ1) is 5.06. The Kier molecular flexibility index (Phi) is 5.03. The van der Waals surface area contributed by atoms with Gasteiger partial charge in [-0.25, -0.2) is 0 Å². The Bertz CT molecular complexity index is 120. The Balaban J connectivity index is 3.10. The van der Waals surface area contributed by atoms with Crippen LogP contribution < -0.4 is 0 Å². The number of unbranched alkanes of at least 4 members (excludes halogenated alkanes) is 3. The minimum Gasteiger partial charge on any atom is -0.120 e. The summed E-state index contributed by atoms with van der Waals surface area (Å²) in [7, 11) is 0. The summed E-state index contributed by atoms with van der Waals surface area (Å²) >= 11 is 0. The van der Waals surface area contributed by atoms with Crippen LogP contribution in [-0.2, 0) is 0 Å². The van der Waals surface area contributed by atoms with E-state index in [0.29, 0.717) is 5.41 Å². The first-order valence-corrected chi connectivity index (χ1v) is 4.20. The maximum absolute atomic E-state index is 5.11. The van der Waals surface area contributed by atoms with Crippen molar-refractivity contribution in [1.29, 1.82) is 0 Å². The molecule has 0 nitrogen and oxygen atoms in total. The highest BCUT2D eigenvalue weighted by Gasteiger charge is 2.08. The normalized spacial score (nSPS) is 11.1. The summed E-state index contributed by atoms with van der Waals surface area (Å²) in [4.78, 5) is 0. The van der Waals surface area contributed by atoms with Gasteiger partial charge in [0.1, 0.15) is 0 Å². The Morgan fingerprint density at radius 1 is 1.09 bits per heavy atom. The van der Waals surface area contributed by atoms with Crippen molar-refractivity contribution >= 4 is 0 Å². The smallest absolute Gasteiger partial charge is 0.00917 e. The van der Waals surface area contributed by atoms with Crippen molar-refractivity contribution in [3.8, 4) is 12.3 Å². The highest BCUT2D eigenvalue weighted by molar-refractivity contribution is 4.86. The highest BCUT2D eigenvalue weighted by Crippen LogP contribution is 2.21. The van der Waals surface area contributed by atoms with Gasteiger partial charge in [-0.3, -0.25) is 0 Å². The van der Waals surface area contributed by atoms with Gasteiger partial charge in [-0.1, -0.05) is 20.8 Å². The van der Waals surface area contributed by atoms with Gasteiger partial charge < -0.3 is 0 Å². The molecule has 2 radical (unpaired) electrons. The van der Waals surface area contributed by atoms with Gasteiger partial charge in [0.15, 0.2) is 0 Å². The topological polar surface area (TPSA) is 0 Å². The third kappa shape index (κ3) is 9.56. The lowest BCUT2D eigenvalue weighted by Crippen LogP contribution is -2.03. The second-order valence-corrected chi connectivity index (χ2v) is 4.01. The molecule has 0 aliphatic carbocycles. The molecule has 0 rings (SSSR count). The predicted octanol–water partition coefficient (Wildman–Crippen LogP) is 3.31. The van der Waals surface area contributed by atoms with Crippen LogP contribution in [0.25, 0.3) is 0 Å². The van der Waals surface area contributed by atoms with E-state index in [2.05, 4.69) is 33.1 Å². The Morgan fingerprint density at radius 3 is 2.18 bits per heavy atom. The van der Waals surface area contributed by atoms with Gasteiger partial charge in [0.25, 0.3) is 0 Å². The second kappa shape index (κ2) is 5.24. The zero-order chi connectivity index (χ0) is 8.74. The van der Waals surface area contributed by atoms with E-state index in [4.69, 9.17) is 6.42 Å². The van der Waals surface area contributed by atoms with Crippen LogP contribution in [-0.4, -0.2) is 0 Å². The van der Waals surface area contributed by atoms with Crippen molar-refractivity contribution < 1.29 is 0 Å². The maximum atomic E-state index is 5.11. The summed E-state index contributed by atoms with van der Waals surface area (Å²) in [5.74, 6) is 2.60. The number of rotatable bonds is 4. The molecule has 0 fully saturated rings. The summed E-state index contributed by atoms with van der Waals surface area (Å²) in [6.07, 6.45) is 12.5. The first kappa shape index (κ1) is 10.6. The average molecular weight is 150 g/mol. The molecule has 0 heterocycles. The fraction of sp³-hybridized carbons (Fsp3) is 0.727. The van der Waals surface area contributed by atoms with Crippen molar-refractivity contribution in [2.45, 2.75) is 46.5 Å². The lowest BCUT2D eigenvalue weighted by molar-refractivity contribution is 0.375. The van der Waals surface area contributed by atoms with E-state index >= 15 is 0 Å². The van der Waals surface area contributed by atoms with Crippen LogP contribution in [0, 0.1) is 24.2 Å². The predicted molar refractivity (Wildman–Crippen MR) is 50.0 cm³/mol. The van der Waals surface area contributed by atoms with Gasteiger partial charge in [-0.15, -0.1) is 12.3 Å². The molecular formula is C11H18. The van der Waals surface area contributed by atoms with Crippen LogP contribution in [0.15, 0.2) is 0 Å². The van der Waals surface area contributed by atoms with Gasteiger partial charge in [-0.05, 0) is 31.1 Å². The molecule has 0 aromatic carbocycles. The molecule has 0 aromatic rings. The summed E-state index contributed by atoms with van der Waals surface area (Å²) in [6.45, 7) is 6.74. The van der Waals surface area contributed by atoms with Gasteiger partial charge in [-0.2, -0.15) is 0 Å². The zero-order valence-electron chi connectivity index (χ0n) is 7.91. The molecule has 0 atom stereocenters. The SMILES string of the molecule is C#CCC[C]CCC(C)(C)C. The van der Waals surface area contributed by atoms with E-state index in [-0.39, 0.29) is 0 Å². The summed E-state index contributed by atoms with van der Waals surface area (Å²) in [6, 6.07) is 0. The summed E-state index contributed by atoms with van der Waals surface area (Å²) in [5.41, 5.74) is 0.434. The monoisotopic (exact) mass is 150 g/mol. The van der Waals surface area contributed by atoms with Gasteiger partial charge in [0.2, 0.25) is 0 Å². The zero-order valence-corrected chi connectivity index (χ0v) is 7.91. The third-order valence-corrected chi connectivity index (χ3v) is 1.50. The molecule has 0 N–H and O–H groups in total. The number of terminal acetylenes is 1. The van der Waals surface area contributed by atoms with Gasteiger partial charge in [0.05, 0.1) is 0 Å². The fourth-order valence-electron chi connectivity index (χ4n) is 0.749. The molecule has 62 valence electrons. The molecule has 0 aliphatic heterocycles. The molecule has 0 heteroatoms. The molecule has 0 aliphatic rings. The van der Waals surface area contributed by atoms with Crippen molar-refractivity contribution in [3.05, 3.63) is 6.42 Å². The third-order valence-electron chi connectivity index (χ3n) is 1.50. The van der Waals surface area contributed by atoms with E-state index in [9.17, 15) is 0 Å². The largest absolute Gasteiger partial charge is 0.120 e. The minimum atomic E-state index is 0.434. The molecule has 11 heavy (non-hydrogen) atoms. The second-order valence-electron chi connectivity index (χ2n) is 4.01. The Morgan fingerprint density at radius 2 is 1.73 bits per heavy atom. The van der Waals surface area contributed by atoms with Crippen LogP contribution in [0.1, 0.15) is 46.5 Å².